The first-order valence-corrected chi connectivity index (χ1v) is 8.49. The summed E-state index contributed by atoms with van der Waals surface area (Å²) in [5, 5.41) is 4.15. The first kappa shape index (κ1) is 16.9. The van der Waals surface area contributed by atoms with Crippen molar-refractivity contribution in [1.29, 1.82) is 0 Å². The molecule has 0 radical (unpaired) electrons. The molecule has 1 atom stereocenters. The quantitative estimate of drug-likeness (QED) is 0.543. The number of carbonyl (C=O) groups is 2. The molecule has 3 rings (SSSR count). The molecule has 0 spiro atoms. The molecule has 3 N–H and O–H groups in total. The minimum Gasteiger partial charge on any atom is -0.366 e. The second-order valence-corrected chi connectivity index (χ2v) is 6.72. The average Bonchev–Trinajstić information content (AvgIpc) is 2.62. The summed E-state index contributed by atoms with van der Waals surface area (Å²) < 4.78 is 0. The molecule has 25 heavy (non-hydrogen) atoms. The van der Waals surface area contributed by atoms with Crippen LogP contribution in [0.1, 0.15) is 17.3 Å². The van der Waals surface area contributed by atoms with Crippen LogP contribution >= 0.6 is 11.8 Å². The van der Waals surface area contributed by atoms with Gasteiger partial charge in [-0.25, -0.2) is 9.97 Å². The number of primary amides is 1. The number of nitrogens with zero attached hydrogens (tertiary/aromatic N) is 2. The first-order chi connectivity index (χ1) is 12.0. The van der Waals surface area contributed by atoms with Crippen molar-refractivity contribution in [3.63, 3.8) is 0 Å². The number of rotatable bonds is 5. The summed E-state index contributed by atoms with van der Waals surface area (Å²) >= 11 is 1.37. The van der Waals surface area contributed by atoms with Gasteiger partial charge in [0.05, 0.1) is 10.8 Å². The highest BCUT2D eigenvalue weighted by Crippen LogP contribution is 2.28. The predicted molar refractivity (Wildman–Crippen MR) is 98.4 cm³/mol. The van der Waals surface area contributed by atoms with Gasteiger partial charge in [0.2, 0.25) is 11.8 Å². The van der Waals surface area contributed by atoms with Gasteiger partial charge in [-0.1, -0.05) is 30.0 Å². The van der Waals surface area contributed by atoms with E-state index in [2.05, 4.69) is 15.3 Å². The van der Waals surface area contributed by atoms with Crippen molar-refractivity contribution in [3.05, 3.63) is 60.4 Å². The van der Waals surface area contributed by atoms with E-state index in [1.807, 2.05) is 31.2 Å². The number of thioether (sulfide) groups is 1. The molecule has 2 amide bonds. The molecule has 0 aliphatic rings. The molecule has 2 aromatic carbocycles. The van der Waals surface area contributed by atoms with Crippen LogP contribution in [0.5, 0.6) is 0 Å². The maximum absolute atomic E-state index is 12.4. The van der Waals surface area contributed by atoms with Gasteiger partial charge in [-0.15, -0.1) is 0 Å². The van der Waals surface area contributed by atoms with Crippen LogP contribution in [0.3, 0.4) is 0 Å². The first-order valence-electron chi connectivity index (χ1n) is 7.62. The van der Waals surface area contributed by atoms with E-state index in [0.717, 1.165) is 15.9 Å². The summed E-state index contributed by atoms with van der Waals surface area (Å²) in [6.07, 6.45) is 1.50. The Kier molecular flexibility index (Phi) is 4.95. The van der Waals surface area contributed by atoms with Crippen molar-refractivity contribution in [2.24, 2.45) is 5.73 Å². The Labute approximate surface area is 148 Å². The topological polar surface area (TPSA) is 98.0 Å². The van der Waals surface area contributed by atoms with Crippen LogP contribution < -0.4 is 11.1 Å². The Hall–Kier alpha value is -2.93. The molecule has 0 fully saturated rings. The molecule has 6 nitrogen and oxygen atoms in total. The number of para-hydroxylation sites is 1. The van der Waals surface area contributed by atoms with Gasteiger partial charge in [0.15, 0.2) is 0 Å². The number of nitrogens with one attached hydrogen (secondary N) is 1. The Bertz CT molecular complexity index is 923. The standard InChI is InChI=1S/C18H16N4O2S/c1-11(17(24)22-13-8-6-12(7-9-13)16(19)23)25-18-14-4-2-3-5-15(14)20-10-21-18/h2-11H,1H3,(H2,19,23)(H,22,24)/t11-/m0/s1. The van der Waals surface area contributed by atoms with Crippen molar-refractivity contribution in [3.8, 4) is 0 Å². The molecular weight excluding hydrogens is 336 g/mol. The summed E-state index contributed by atoms with van der Waals surface area (Å²) in [7, 11) is 0. The predicted octanol–water partition coefficient (Wildman–Crippen LogP) is 2.85. The van der Waals surface area contributed by atoms with Gasteiger partial charge < -0.3 is 11.1 Å². The number of carbonyl (C=O) groups excluding carboxylic acids is 2. The van der Waals surface area contributed by atoms with Crippen molar-refractivity contribution >= 4 is 40.2 Å². The number of hydrogen-bond donors (Lipinski definition) is 2. The highest BCUT2D eigenvalue weighted by atomic mass is 32.2. The lowest BCUT2D eigenvalue weighted by atomic mass is 10.2. The molecule has 0 saturated carbocycles. The summed E-state index contributed by atoms with van der Waals surface area (Å²) in [5.74, 6) is -0.656. The minimum atomic E-state index is -0.502. The lowest BCUT2D eigenvalue weighted by Gasteiger charge is -2.12. The van der Waals surface area contributed by atoms with E-state index < -0.39 is 5.91 Å². The summed E-state index contributed by atoms with van der Waals surface area (Å²) in [6, 6.07) is 14.1. The lowest BCUT2D eigenvalue weighted by Crippen LogP contribution is -2.22. The molecule has 0 aliphatic heterocycles. The van der Waals surface area contributed by atoms with E-state index in [-0.39, 0.29) is 11.2 Å². The number of nitrogens with two attached hydrogens (primary N) is 1. The van der Waals surface area contributed by atoms with Crippen LogP contribution in [-0.4, -0.2) is 27.0 Å². The lowest BCUT2D eigenvalue weighted by molar-refractivity contribution is -0.115. The van der Waals surface area contributed by atoms with Crippen molar-refractivity contribution in [2.75, 3.05) is 5.32 Å². The number of benzene rings is 2. The van der Waals surface area contributed by atoms with Crippen molar-refractivity contribution in [1.82, 2.24) is 9.97 Å². The van der Waals surface area contributed by atoms with Crippen molar-refractivity contribution < 1.29 is 9.59 Å². The van der Waals surface area contributed by atoms with E-state index in [9.17, 15) is 9.59 Å². The van der Waals surface area contributed by atoms with E-state index in [0.29, 0.717) is 11.3 Å². The van der Waals surface area contributed by atoms with Gasteiger partial charge in [0.25, 0.3) is 0 Å². The molecule has 1 heterocycles. The molecule has 0 saturated heterocycles. The van der Waals surface area contributed by atoms with Crippen LogP contribution in [0, 0.1) is 0 Å². The van der Waals surface area contributed by atoms with E-state index >= 15 is 0 Å². The average molecular weight is 352 g/mol. The number of fused-ring (bicyclic) bond motifs is 1. The number of anilines is 1. The van der Waals surface area contributed by atoms with Crippen LogP contribution in [0.25, 0.3) is 10.9 Å². The molecule has 0 unspecified atom stereocenters. The summed E-state index contributed by atoms with van der Waals surface area (Å²) in [5.41, 5.74) is 7.05. The summed E-state index contributed by atoms with van der Waals surface area (Å²) in [4.78, 5) is 32.0. The van der Waals surface area contributed by atoms with Crippen LogP contribution in [0.2, 0.25) is 0 Å². The van der Waals surface area contributed by atoms with Gasteiger partial charge in [0.1, 0.15) is 11.4 Å². The zero-order valence-electron chi connectivity index (χ0n) is 13.5. The molecule has 0 aliphatic carbocycles. The van der Waals surface area contributed by atoms with E-state index in [1.165, 1.54) is 18.1 Å². The Balaban J connectivity index is 1.71. The molecule has 126 valence electrons. The second kappa shape index (κ2) is 7.31. The van der Waals surface area contributed by atoms with Crippen LogP contribution in [0.4, 0.5) is 5.69 Å². The Morgan fingerprint density at radius 1 is 1.08 bits per heavy atom. The molecule has 3 aromatic rings. The fourth-order valence-corrected chi connectivity index (χ4v) is 3.17. The van der Waals surface area contributed by atoms with Crippen molar-refractivity contribution in [2.45, 2.75) is 17.2 Å². The van der Waals surface area contributed by atoms with Crippen LogP contribution in [0.15, 0.2) is 59.9 Å². The third-order valence-corrected chi connectivity index (χ3v) is 4.72. The minimum absolute atomic E-state index is 0.153. The summed E-state index contributed by atoms with van der Waals surface area (Å²) in [6.45, 7) is 1.81. The Morgan fingerprint density at radius 2 is 1.80 bits per heavy atom. The monoisotopic (exact) mass is 352 g/mol. The normalized spacial score (nSPS) is 11.9. The smallest absolute Gasteiger partial charge is 0.248 e. The SMILES string of the molecule is C[C@H](Sc1ncnc2ccccc12)C(=O)Nc1ccc(C(N)=O)cc1. The van der Waals surface area contributed by atoms with E-state index in [1.54, 1.807) is 24.3 Å². The highest BCUT2D eigenvalue weighted by molar-refractivity contribution is 8.00. The van der Waals surface area contributed by atoms with Crippen LogP contribution in [-0.2, 0) is 4.79 Å². The second-order valence-electron chi connectivity index (χ2n) is 5.39. The fourth-order valence-electron chi connectivity index (χ4n) is 2.26. The molecule has 7 heteroatoms. The maximum atomic E-state index is 12.4. The third-order valence-electron chi connectivity index (χ3n) is 3.60. The maximum Gasteiger partial charge on any atom is 0.248 e. The molecule has 1 aromatic heterocycles. The van der Waals surface area contributed by atoms with E-state index in [4.69, 9.17) is 5.73 Å². The van der Waals surface area contributed by atoms with Gasteiger partial charge in [0, 0.05) is 16.6 Å². The third kappa shape index (κ3) is 3.95. The van der Waals surface area contributed by atoms with Gasteiger partial charge in [-0.2, -0.15) is 0 Å². The van der Waals surface area contributed by atoms with Gasteiger partial charge >= 0.3 is 0 Å². The number of hydrogen-bond acceptors (Lipinski definition) is 5. The number of amides is 2. The van der Waals surface area contributed by atoms with Gasteiger partial charge in [-0.3, -0.25) is 9.59 Å². The zero-order valence-corrected chi connectivity index (χ0v) is 14.3. The Morgan fingerprint density at radius 3 is 2.52 bits per heavy atom. The van der Waals surface area contributed by atoms with Gasteiger partial charge in [-0.05, 0) is 37.3 Å². The zero-order chi connectivity index (χ0) is 17.8. The molecule has 0 bridgehead atoms. The molecular formula is C18H16N4O2S. The fraction of sp³-hybridized carbons (Fsp3) is 0.111. The largest absolute Gasteiger partial charge is 0.366 e. The number of aromatic nitrogens is 2. The highest BCUT2D eigenvalue weighted by Gasteiger charge is 2.17.